The molecule has 0 aromatic carbocycles. The minimum absolute atomic E-state index is 0.752. The van der Waals surface area contributed by atoms with Crippen LogP contribution in [0.3, 0.4) is 0 Å². The molecule has 2 aliphatic rings. The van der Waals surface area contributed by atoms with Crippen LogP contribution in [0.25, 0.3) is 0 Å². The van der Waals surface area contributed by atoms with Crippen LogP contribution in [0.15, 0.2) is 0 Å². The van der Waals surface area contributed by atoms with Crippen molar-refractivity contribution < 1.29 is 0 Å². The molecule has 0 aliphatic heterocycles. The van der Waals surface area contributed by atoms with Gasteiger partial charge in [0.2, 0.25) is 0 Å². The van der Waals surface area contributed by atoms with Gasteiger partial charge in [-0.05, 0) is 56.9 Å². The average Bonchev–Trinajstić information content (AvgIpc) is 2.66. The summed E-state index contributed by atoms with van der Waals surface area (Å²) in [7, 11) is 0. The predicted octanol–water partition coefficient (Wildman–Crippen LogP) is 4.76. The third-order valence-corrected chi connectivity index (χ3v) is 5.47. The molecule has 0 spiro atoms. The Balaban J connectivity index is 1.65. The smallest absolute Gasteiger partial charge is 0.00671 e. The van der Waals surface area contributed by atoms with Gasteiger partial charge in [0.05, 0.1) is 0 Å². The third-order valence-electron chi connectivity index (χ3n) is 5.47. The molecule has 18 heavy (non-hydrogen) atoms. The van der Waals surface area contributed by atoms with Gasteiger partial charge in [-0.15, -0.1) is 0 Å². The Morgan fingerprint density at radius 3 is 2.11 bits per heavy atom. The van der Waals surface area contributed by atoms with Crippen LogP contribution in [-0.2, 0) is 0 Å². The van der Waals surface area contributed by atoms with E-state index in [2.05, 4.69) is 19.2 Å². The first-order valence-electron chi connectivity index (χ1n) is 8.49. The van der Waals surface area contributed by atoms with Gasteiger partial charge in [0.1, 0.15) is 0 Å². The third kappa shape index (κ3) is 4.57. The zero-order chi connectivity index (χ0) is 12.8. The Kier molecular flexibility index (Phi) is 6.01. The van der Waals surface area contributed by atoms with Crippen LogP contribution >= 0.6 is 0 Å². The number of rotatable bonds is 4. The normalized spacial score (nSPS) is 33.0. The molecule has 1 heteroatoms. The number of hydrogen-bond donors (Lipinski definition) is 1. The maximum absolute atomic E-state index is 3.86. The van der Waals surface area contributed by atoms with Crippen molar-refractivity contribution in [1.29, 1.82) is 0 Å². The number of nitrogens with one attached hydrogen (secondary N) is 1. The lowest BCUT2D eigenvalue weighted by Crippen LogP contribution is -2.37. The van der Waals surface area contributed by atoms with Crippen LogP contribution < -0.4 is 5.32 Å². The van der Waals surface area contributed by atoms with E-state index in [1.807, 2.05) is 0 Å². The van der Waals surface area contributed by atoms with Gasteiger partial charge in [-0.1, -0.05) is 45.4 Å². The van der Waals surface area contributed by atoms with Crippen LogP contribution in [-0.4, -0.2) is 12.6 Å². The Morgan fingerprint density at radius 2 is 1.50 bits per heavy atom. The van der Waals surface area contributed by atoms with E-state index < -0.39 is 0 Å². The summed E-state index contributed by atoms with van der Waals surface area (Å²) >= 11 is 0. The van der Waals surface area contributed by atoms with Crippen LogP contribution in [0.1, 0.15) is 78.1 Å². The molecular formula is C17H33N. The predicted molar refractivity (Wildman–Crippen MR) is 79.8 cm³/mol. The molecule has 0 aromatic rings. The quantitative estimate of drug-likeness (QED) is 0.710. The molecular weight excluding hydrogens is 218 g/mol. The van der Waals surface area contributed by atoms with Gasteiger partial charge >= 0.3 is 0 Å². The van der Waals surface area contributed by atoms with E-state index >= 15 is 0 Å². The topological polar surface area (TPSA) is 12.0 Å². The lowest BCUT2D eigenvalue weighted by Gasteiger charge is -2.30. The largest absolute Gasteiger partial charge is 0.314 e. The molecule has 1 atom stereocenters. The van der Waals surface area contributed by atoms with E-state index in [-0.39, 0.29) is 0 Å². The average molecular weight is 251 g/mol. The molecule has 2 rings (SSSR count). The second-order valence-corrected chi connectivity index (χ2v) is 7.07. The van der Waals surface area contributed by atoms with Gasteiger partial charge < -0.3 is 5.32 Å². The molecule has 0 bridgehead atoms. The fourth-order valence-corrected chi connectivity index (χ4v) is 3.86. The molecule has 0 amide bonds. The van der Waals surface area contributed by atoms with E-state index in [1.165, 1.54) is 70.8 Å². The van der Waals surface area contributed by atoms with Gasteiger partial charge in [-0.3, -0.25) is 0 Å². The molecule has 0 unspecified atom stereocenters. The molecule has 2 aliphatic carbocycles. The van der Waals surface area contributed by atoms with Crippen molar-refractivity contribution in [3.05, 3.63) is 0 Å². The lowest BCUT2D eigenvalue weighted by atomic mass is 9.82. The van der Waals surface area contributed by atoms with Crippen molar-refractivity contribution in [2.24, 2.45) is 17.8 Å². The highest BCUT2D eigenvalue weighted by atomic mass is 14.9. The zero-order valence-electron chi connectivity index (χ0n) is 12.6. The summed E-state index contributed by atoms with van der Waals surface area (Å²) < 4.78 is 0. The summed E-state index contributed by atoms with van der Waals surface area (Å²) in [6, 6.07) is 0.752. The fourth-order valence-electron chi connectivity index (χ4n) is 3.86. The van der Waals surface area contributed by atoms with Crippen LogP contribution in [0.2, 0.25) is 0 Å². The van der Waals surface area contributed by atoms with Crippen molar-refractivity contribution in [1.82, 2.24) is 5.32 Å². The Hall–Kier alpha value is -0.0400. The first-order valence-corrected chi connectivity index (χ1v) is 8.49. The molecule has 1 N–H and O–H groups in total. The molecule has 2 saturated carbocycles. The lowest BCUT2D eigenvalue weighted by molar-refractivity contribution is 0.256. The minimum atomic E-state index is 0.752. The summed E-state index contributed by atoms with van der Waals surface area (Å²) in [5.74, 6) is 2.91. The van der Waals surface area contributed by atoms with Gasteiger partial charge in [-0.2, -0.15) is 0 Å². The van der Waals surface area contributed by atoms with E-state index in [4.69, 9.17) is 0 Å². The van der Waals surface area contributed by atoms with Crippen molar-refractivity contribution in [2.75, 3.05) is 6.54 Å². The highest BCUT2D eigenvalue weighted by Gasteiger charge is 2.22. The summed E-state index contributed by atoms with van der Waals surface area (Å²) in [4.78, 5) is 0. The van der Waals surface area contributed by atoms with Gasteiger partial charge in [0.15, 0.2) is 0 Å². The molecule has 0 saturated heterocycles. The first-order chi connectivity index (χ1) is 8.75. The Morgan fingerprint density at radius 1 is 0.889 bits per heavy atom. The van der Waals surface area contributed by atoms with Crippen molar-refractivity contribution in [2.45, 2.75) is 84.1 Å². The maximum atomic E-state index is 3.86. The Labute approximate surface area is 114 Å². The minimum Gasteiger partial charge on any atom is -0.314 e. The monoisotopic (exact) mass is 251 g/mol. The van der Waals surface area contributed by atoms with Crippen LogP contribution in [0, 0.1) is 17.8 Å². The van der Waals surface area contributed by atoms with E-state index in [1.54, 1.807) is 0 Å². The molecule has 1 nitrogen and oxygen atoms in total. The fraction of sp³-hybridized carbons (Fsp3) is 1.00. The molecule has 0 heterocycles. The highest BCUT2D eigenvalue weighted by molar-refractivity contribution is 4.78. The number of hydrogen-bond acceptors (Lipinski definition) is 1. The van der Waals surface area contributed by atoms with Crippen molar-refractivity contribution in [3.63, 3.8) is 0 Å². The summed E-state index contributed by atoms with van der Waals surface area (Å²) in [5.41, 5.74) is 0. The van der Waals surface area contributed by atoms with Crippen molar-refractivity contribution in [3.8, 4) is 0 Å². The summed E-state index contributed by atoms with van der Waals surface area (Å²) in [6.45, 7) is 6.13. The second-order valence-electron chi connectivity index (χ2n) is 7.07. The summed E-state index contributed by atoms with van der Waals surface area (Å²) in [5, 5.41) is 3.86. The van der Waals surface area contributed by atoms with E-state index in [9.17, 15) is 0 Å². The van der Waals surface area contributed by atoms with Crippen LogP contribution in [0.5, 0.6) is 0 Å². The SMILES string of the molecule is CC1CCC(CN[C@H](C)C2CCCCCC2)CC1. The second kappa shape index (κ2) is 7.53. The van der Waals surface area contributed by atoms with Gasteiger partial charge in [0, 0.05) is 6.04 Å². The zero-order valence-corrected chi connectivity index (χ0v) is 12.6. The van der Waals surface area contributed by atoms with Crippen LogP contribution in [0.4, 0.5) is 0 Å². The Bertz CT molecular complexity index is 210. The van der Waals surface area contributed by atoms with Gasteiger partial charge in [-0.25, -0.2) is 0 Å². The molecule has 2 fully saturated rings. The highest BCUT2D eigenvalue weighted by Crippen LogP contribution is 2.29. The summed E-state index contributed by atoms with van der Waals surface area (Å²) in [6.07, 6.45) is 14.7. The maximum Gasteiger partial charge on any atom is 0.00671 e. The van der Waals surface area contributed by atoms with E-state index in [0.29, 0.717) is 0 Å². The van der Waals surface area contributed by atoms with Crippen molar-refractivity contribution >= 4 is 0 Å². The molecule has 106 valence electrons. The molecule has 0 radical (unpaired) electrons. The van der Waals surface area contributed by atoms with Gasteiger partial charge in [0.25, 0.3) is 0 Å². The standard InChI is InChI=1S/C17H33N/c1-14-9-11-16(12-10-14)13-18-15(2)17-7-5-3-4-6-8-17/h14-18H,3-13H2,1-2H3/t14?,15-,16?/m1/s1. The van der Waals surface area contributed by atoms with E-state index in [0.717, 1.165) is 23.8 Å². The molecule has 0 aromatic heterocycles. The first kappa shape index (κ1) is 14.4.